The zero-order valence-electron chi connectivity index (χ0n) is 16.0. The second kappa shape index (κ2) is 9.32. The van der Waals surface area contributed by atoms with Gasteiger partial charge in [0.05, 0.1) is 23.1 Å². The Labute approximate surface area is 169 Å². The van der Waals surface area contributed by atoms with Crippen LogP contribution in [0.2, 0.25) is 0 Å². The lowest BCUT2D eigenvalue weighted by Gasteiger charge is -2.19. The standard InChI is InChI=1S/C20H21N3O5S/c1-14-3-9-17(10-4-14)29(27,28)23(2)13-19(24)22-18(20(25)26)11-15-5-7-16(12-21)8-6-15/h3-10,18H,11,13H2,1-2H3,(H,22,24)(H,25,26). The molecule has 0 aliphatic heterocycles. The van der Waals surface area contributed by atoms with Gasteiger partial charge in [-0.3, -0.25) is 4.79 Å². The van der Waals surface area contributed by atoms with Gasteiger partial charge in [-0.2, -0.15) is 9.57 Å². The van der Waals surface area contributed by atoms with Gasteiger partial charge in [0.25, 0.3) is 0 Å². The molecule has 0 aliphatic carbocycles. The normalized spacial score (nSPS) is 12.2. The number of carbonyl (C=O) groups is 2. The van der Waals surface area contributed by atoms with Crippen molar-refractivity contribution in [3.8, 4) is 6.07 Å². The van der Waals surface area contributed by atoms with Crippen molar-refractivity contribution in [3.63, 3.8) is 0 Å². The largest absolute Gasteiger partial charge is 0.480 e. The summed E-state index contributed by atoms with van der Waals surface area (Å²) in [7, 11) is -2.62. The smallest absolute Gasteiger partial charge is 0.326 e. The molecule has 0 heterocycles. The lowest BCUT2D eigenvalue weighted by Crippen LogP contribution is -2.46. The summed E-state index contributed by atoms with van der Waals surface area (Å²) in [4.78, 5) is 23.8. The molecule has 2 rings (SSSR count). The maximum atomic E-state index is 12.6. The van der Waals surface area contributed by atoms with Crippen molar-refractivity contribution >= 4 is 21.9 Å². The van der Waals surface area contributed by atoms with Gasteiger partial charge in [0.15, 0.2) is 0 Å². The maximum absolute atomic E-state index is 12.6. The van der Waals surface area contributed by atoms with Crippen LogP contribution in [-0.4, -0.2) is 49.3 Å². The molecule has 152 valence electrons. The number of likely N-dealkylation sites (N-methyl/N-ethyl adjacent to an activating group) is 1. The highest BCUT2D eigenvalue weighted by Gasteiger charge is 2.26. The van der Waals surface area contributed by atoms with Crippen LogP contribution in [-0.2, 0) is 26.0 Å². The van der Waals surface area contributed by atoms with Gasteiger partial charge in [0.2, 0.25) is 15.9 Å². The number of sulfonamides is 1. The zero-order valence-corrected chi connectivity index (χ0v) is 16.8. The number of amides is 1. The van der Waals surface area contributed by atoms with Gasteiger partial charge in [0, 0.05) is 13.5 Å². The number of aryl methyl sites for hydroxylation is 1. The summed E-state index contributed by atoms with van der Waals surface area (Å²) in [5, 5.41) is 20.5. The van der Waals surface area contributed by atoms with Crippen LogP contribution in [0.15, 0.2) is 53.4 Å². The average Bonchev–Trinajstić information content (AvgIpc) is 2.68. The van der Waals surface area contributed by atoms with E-state index in [2.05, 4.69) is 5.32 Å². The van der Waals surface area contributed by atoms with Gasteiger partial charge in [-0.05, 0) is 36.8 Å². The minimum Gasteiger partial charge on any atom is -0.480 e. The molecule has 2 aromatic rings. The van der Waals surface area contributed by atoms with E-state index in [4.69, 9.17) is 5.26 Å². The molecule has 0 aromatic heterocycles. The Hall–Kier alpha value is -3.22. The second-order valence-corrected chi connectivity index (χ2v) is 8.59. The van der Waals surface area contributed by atoms with Crippen LogP contribution in [0, 0.1) is 18.3 Å². The molecular formula is C20H21N3O5S. The van der Waals surface area contributed by atoms with Gasteiger partial charge >= 0.3 is 5.97 Å². The van der Waals surface area contributed by atoms with Crippen LogP contribution in [0.3, 0.4) is 0 Å². The number of hydrogen-bond donors (Lipinski definition) is 2. The summed E-state index contributed by atoms with van der Waals surface area (Å²) in [6.07, 6.45) is 0.00120. The van der Waals surface area contributed by atoms with Crippen LogP contribution in [0.25, 0.3) is 0 Å². The van der Waals surface area contributed by atoms with E-state index in [9.17, 15) is 23.1 Å². The molecule has 1 atom stereocenters. The number of carboxylic acids is 1. The molecule has 0 saturated carbocycles. The molecule has 0 bridgehead atoms. The Morgan fingerprint density at radius 1 is 1.14 bits per heavy atom. The number of carbonyl (C=O) groups excluding carboxylic acids is 1. The first-order valence-corrected chi connectivity index (χ1v) is 10.1. The molecule has 0 aliphatic rings. The predicted octanol–water partition coefficient (Wildman–Crippen LogP) is 1.30. The van der Waals surface area contributed by atoms with E-state index in [-0.39, 0.29) is 11.3 Å². The van der Waals surface area contributed by atoms with Crippen LogP contribution in [0.1, 0.15) is 16.7 Å². The van der Waals surface area contributed by atoms with Crippen molar-refractivity contribution < 1.29 is 23.1 Å². The molecule has 1 amide bonds. The van der Waals surface area contributed by atoms with Crippen molar-refractivity contribution in [2.24, 2.45) is 0 Å². The summed E-state index contributed by atoms with van der Waals surface area (Å²) < 4.78 is 26.0. The molecule has 9 heteroatoms. The van der Waals surface area contributed by atoms with Crippen molar-refractivity contribution in [3.05, 3.63) is 65.2 Å². The minimum absolute atomic E-state index is 0.00120. The van der Waals surface area contributed by atoms with Crippen LogP contribution < -0.4 is 5.32 Å². The number of nitrogens with zero attached hydrogens (tertiary/aromatic N) is 2. The molecule has 29 heavy (non-hydrogen) atoms. The van der Waals surface area contributed by atoms with E-state index in [1.807, 2.05) is 13.0 Å². The third-order valence-corrected chi connectivity index (χ3v) is 6.07. The van der Waals surface area contributed by atoms with E-state index in [1.54, 1.807) is 36.4 Å². The molecule has 2 N–H and O–H groups in total. The Morgan fingerprint density at radius 2 is 1.72 bits per heavy atom. The highest BCUT2D eigenvalue weighted by Crippen LogP contribution is 2.15. The monoisotopic (exact) mass is 415 g/mol. The lowest BCUT2D eigenvalue weighted by atomic mass is 10.0. The number of hydrogen-bond acceptors (Lipinski definition) is 5. The Morgan fingerprint density at radius 3 is 2.24 bits per heavy atom. The number of rotatable bonds is 8. The second-order valence-electron chi connectivity index (χ2n) is 6.55. The fraction of sp³-hybridized carbons (Fsp3) is 0.250. The number of aliphatic carboxylic acids is 1. The van der Waals surface area contributed by atoms with Crippen molar-refractivity contribution in [2.75, 3.05) is 13.6 Å². The van der Waals surface area contributed by atoms with Gasteiger partial charge < -0.3 is 10.4 Å². The first-order chi connectivity index (χ1) is 13.6. The van der Waals surface area contributed by atoms with E-state index in [0.29, 0.717) is 11.1 Å². The molecule has 0 fully saturated rings. The Bertz CT molecular complexity index is 1030. The van der Waals surface area contributed by atoms with Crippen LogP contribution in [0.5, 0.6) is 0 Å². The Balaban J connectivity index is 2.04. The predicted molar refractivity (Wildman–Crippen MR) is 105 cm³/mol. The molecule has 8 nitrogen and oxygen atoms in total. The minimum atomic E-state index is -3.88. The van der Waals surface area contributed by atoms with Crippen molar-refractivity contribution in [2.45, 2.75) is 24.3 Å². The van der Waals surface area contributed by atoms with Gasteiger partial charge in [-0.25, -0.2) is 13.2 Å². The fourth-order valence-electron chi connectivity index (χ4n) is 2.57. The van der Waals surface area contributed by atoms with Gasteiger partial charge in [0.1, 0.15) is 6.04 Å². The topological polar surface area (TPSA) is 128 Å². The number of nitrogens with one attached hydrogen (secondary N) is 1. The van der Waals surface area contributed by atoms with Gasteiger partial charge in [-0.15, -0.1) is 0 Å². The highest BCUT2D eigenvalue weighted by molar-refractivity contribution is 7.89. The molecular weight excluding hydrogens is 394 g/mol. The number of nitriles is 1. The summed E-state index contributed by atoms with van der Waals surface area (Å²) in [6, 6.07) is 13.3. The van der Waals surface area contributed by atoms with Crippen molar-refractivity contribution in [1.29, 1.82) is 5.26 Å². The first kappa shape index (κ1) is 22.1. The Kier molecular flexibility index (Phi) is 7.09. The fourth-order valence-corrected chi connectivity index (χ4v) is 3.70. The summed E-state index contributed by atoms with van der Waals surface area (Å²) in [5.74, 6) is -1.98. The SMILES string of the molecule is Cc1ccc(S(=O)(=O)N(C)CC(=O)NC(Cc2ccc(C#N)cc2)C(=O)O)cc1. The summed E-state index contributed by atoms with van der Waals surface area (Å²) >= 11 is 0. The van der Waals surface area contributed by atoms with E-state index >= 15 is 0 Å². The molecule has 0 spiro atoms. The average molecular weight is 415 g/mol. The van der Waals surface area contributed by atoms with Crippen LogP contribution >= 0.6 is 0 Å². The number of carboxylic acid groups (broad SMARTS) is 1. The molecule has 2 aromatic carbocycles. The first-order valence-electron chi connectivity index (χ1n) is 8.67. The highest BCUT2D eigenvalue weighted by atomic mass is 32.2. The van der Waals surface area contributed by atoms with E-state index in [1.165, 1.54) is 19.2 Å². The lowest BCUT2D eigenvalue weighted by molar-refractivity contribution is -0.141. The summed E-state index contributed by atoms with van der Waals surface area (Å²) in [5.41, 5.74) is 1.96. The van der Waals surface area contributed by atoms with Gasteiger partial charge in [-0.1, -0.05) is 29.8 Å². The van der Waals surface area contributed by atoms with E-state index < -0.39 is 34.5 Å². The van der Waals surface area contributed by atoms with E-state index in [0.717, 1.165) is 9.87 Å². The molecule has 0 saturated heterocycles. The third-order valence-electron chi connectivity index (χ3n) is 4.25. The maximum Gasteiger partial charge on any atom is 0.326 e. The molecule has 1 unspecified atom stereocenters. The third kappa shape index (κ3) is 5.88. The summed E-state index contributed by atoms with van der Waals surface area (Å²) in [6.45, 7) is 1.31. The zero-order chi connectivity index (χ0) is 21.6. The number of benzene rings is 2. The quantitative estimate of drug-likeness (QED) is 0.669. The van der Waals surface area contributed by atoms with Crippen LogP contribution in [0.4, 0.5) is 0 Å². The molecule has 0 radical (unpaired) electrons. The van der Waals surface area contributed by atoms with Crippen molar-refractivity contribution in [1.82, 2.24) is 9.62 Å².